The molecule has 0 aliphatic carbocycles. The van der Waals surface area contributed by atoms with Gasteiger partial charge in [-0.15, -0.1) is 37.2 Å². The van der Waals surface area contributed by atoms with E-state index in [4.69, 9.17) is 4.79 Å². The standard InChI is InChI=1S/CH2O.3ClH.Pt/c1-2;;;;/h1H2;3*1H;. The topological polar surface area (TPSA) is 17.1 Å². The van der Waals surface area contributed by atoms with Crippen molar-refractivity contribution in [2.24, 2.45) is 0 Å². The average molecular weight is 334 g/mol. The van der Waals surface area contributed by atoms with E-state index in [0.717, 1.165) is 0 Å². The van der Waals surface area contributed by atoms with Crippen molar-refractivity contribution in [1.82, 2.24) is 0 Å². The van der Waals surface area contributed by atoms with E-state index in [9.17, 15) is 0 Å². The van der Waals surface area contributed by atoms with E-state index >= 15 is 0 Å². The van der Waals surface area contributed by atoms with E-state index in [0.29, 0.717) is 0 Å². The van der Waals surface area contributed by atoms with Crippen LogP contribution in [0.3, 0.4) is 0 Å². The van der Waals surface area contributed by atoms with Crippen LogP contribution in [0.1, 0.15) is 0 Å². The van der Waals surface area contributed by atoms with Crippen molar-refractivity contribution in [1.29, 1.82) is 0 Å². The third-order valence-corrected chi connectivity index (χ3v) is 0. The smallest absolute Gasteiger partial charge is 0.106 e. The van der Waals surface area contributed by atoms with Crippen molar-refractivity contribution in [3.8, 4) is 0 Å². The molecule has 0 unspecified atom stereocenters. The van der Waals surface area contributed by atoms with Crippen molar-refractivity contribution in [3.63, 3.8) is 0 Å². The molecule has 0 bridgehead atoms. The van der Waals surface area contributed by atoms with Crippen molar-refractivity contribution < 1.29 is 25.9 Å². The van der Waals surface area contributed by atoms with Crippen LogP contribution in [0, 0.1) is 0 Å². The Balaban J connectivity index is -0.000000000833. The Morgan fingerprint density at radius 2 is 0.833 bits per heavy atom. The molecule has 0 aromatic rings. The second-order valence-corrected chi connectivity index (χ2v) is 0. The molecule has 0 fully saturated rings. The van der Waals surface area contributed by atoms with E-state index < -0.39 is 0 Å². The molecule has 0 spiro atoms. The third kappa shape index (κ3) is 62.0. The van der Waals surface area contributed by atoms with Crippen molar-refractivity contribution in [2.75, 3.05) is 0 Å². The molecule has 0 aromatic heterocycles. The van der Waals surface area contributed by atoms with E-state index in [1.165, 1.54) is 0 Å². The summed E-state index contributed by atoms with van der Waals surface area (Å²) in [4.78, 5) is 8.00. The molecular formula is CH5Cl3OPt. The minimum absolute atomic E-state index is 0. The molecule has 0 N–H and O–H groups in total. The van der Waals surface area contributed by atoms with Crippen molar-refractivity contribution in [2.45, 2.75) is 0 Å². The fraction of sp³-hybridized carbons (Fsp3) is 0. The maximum Gasteiger partial charge on any atom is 0.106 e. The molecule has 0 amide bonds. The van der Waals surface area contributed by atoms with Crippen LogP contribution < -0.4 is 0 Å². The molecule has 5 heteroatoms. The summed E-state index contributed by atoms with van der Waals surface area (Å²) in [5.74, 6) is 0. The predicted molar refractivity (Wildman–Crippen MR) is 28.9 cm³/mol. The second-order valence-electron chi connectivity index (χ2n) is 0. The summed E-state index contributed by atoms with van der Waals surface area (Å²) in [6.07, 6.45) is 0. The number of halogens is 3. The van der Waals surface area contributed by atoms with Gasteiger partial charge in [0, 0.05) is 21.1 Å². The van der Waals surface area contributed by atoms with Crippen molar-refractivity contribution in [3.05, 3.63) is 0 Å². The number of carbonyl (C=O) groups excluding carboxylic acids is 1. The van der Waals surface area contributed by atoms with Crippen LogP contribution >= 0.6 is 37.2 Å². The largest absolute Gasteiger partial charge is 0.307 e. The van der Waals surface area contributed by atoms with Gasteiger partial charge < -0.3 is 4.79 Å². The third-order valence-electron chi connectivity index (χ3n) is 0. The van der Waals surface area contributed by atoms with Gasteiger partial charge in [-0.2, -0.15) is 0 Å². The Labute approximate surface area is 69.7 Å². The Hall–Kier alpha value is 1.23. The zero-order valence-corrected chi connectivity index (χ0v) is 7.38. The van der Waals surface area contributed by atoms with Gasteiger partial charge in [-0.05, 0) is 0 Å². The molecule has 0 saturated heterocycles. The Morgan fingerprint density at radius 3 is 0.833 bits per heavy atom. The van der Waals surface area contributed by atoms with Gasteiger partial charge in [-0.3, -0.25) is 0 Å². The van der Waals surface area contributed by atoms with Crippen LogP contribution in [-0.4, -0.2) is 6.79 Å². The van der Waals surface area contributed by atoms with Gasteiger partial charge in [0.25, 0.3) is 0 Å². The van der Waals surface area contributed by atoms with Gasteiger partial charge in [0.15, 0.2) is 0 Å². The second kappa shape index (κ2) is 113. The monoisotopic (exact) mass is 333 g/mol. The van der Waals surface area contributed by atoms with Gasteiger partial charge in [0.2, 0.25) is 0 Å². The first kappa shape index (κ1) is 56.5. The minimum Gasteiger partial charge on any atom is -0.307 e. The molecule has 0 heterocycles. The predicted octanol–water partition coefficient (Wildman–Crippen LogP) is 1.08. The van der Waals surface area contributed by atoms with E-state index in [2.05, 4.69) is 0 Å². The number of hydrogen-bond acceptors (Lipinski definition) is 1. The van der Waals surface area contributed by atoms with E-state index in [1.54, 1.807) is 0 Å². The molecule has 6 heavy (non-hydrogen) atoms. The molecule has 46 valence electrons. The maximum atomic E-state index is 8.00. The number of carbonyl (C=O) groups is 1. The molecular weight excluding hydrogens is 329 g/mol. The molecule has 0 atom stereocenters. The van der Waals surface area contributed by atoms with Crippen LogP contribution in [0.4, 0.5) is 0 Å². The maximum absolute atomic E-state index is 8.00. The minimum atomic E-state index is 0. The quantitative estimate of drug-likeness (QED) is 0.648. The zero-order chi connectivity index (χ0) is 2.00. The first-order valence-electron chi connectivity index (χ1n) is 0.289. The Bertz CT molecular complexity index is 10.8. The zero-order valence-electron chi connectivity index (χ0n) is 2.66. The summed E-state index contributed by atoms with van der Waals surface area (Å²) in [5, 5.41) is 0. The van der Waals surface area contributed by atoms with Crippen LogP contribution in [0.5, 0.6) is 0 Å². The van der Waals surface area contributed by atoms with Crippen LogP contribution in [-0.2, 0) is 25.9 Å². The fourth-order valence-electron chi connectivity index (χ4n) is 0. The van der Waals surface area contributed by atoms with Gasteiger partial charge >= 0.3 is 0 Å². The molecule has 0 aromatic carbocycles. The first-order chi connectivity index (χ1) is 1.00. The van der Waals surface area contributed by atoms with E-state index in [1.807, 2.05) is 6.79 Å². The SMILES string of the molecule is C=O.Cl.Cl.Cl.[Pt]. The number of hydrogen-bond donors (Lipinski definition) is 0. The molecule has 0 aliphatic rings. The molecule has 0 aliphatic heterocycles. The summed E-state index contributed by atoms with van der Waals surface area (Å²) in [6, 6.07) is 0. The number of rotatable bonds is 0. The van der Waals surface area contributed by atoms with Gasteiger partial charge in [-0.25, -0.2) is 0 Å². The summed E-state index contributed by atoms with van der Waals surface area (Å²) >= 11 is 0. The van der Waals surface area contributed by atoms with Crippen LogP contribution in [0.2, 0.25) is 0 Å². The summed E-state index contributed by atoms with van der Waals surface area (Å²) < 4.78 is 0. The fourth-order valence-corrected chi connectivity index (χ4v) is 0. The summed E-state index contributed by atoms with van der Waals surface area (Å²) in [6.45, 7) is 2.00. The summed E-state index contributed by atoms with van der Waals surface area (Å²) in [7, 11) is 0. The molecule has 0 radical (unpaired) electrons. The van der Waals surface area contributed by atoms with Gasteiger partial charge in [0.1, 0.15) is 6.79 Å². The Morgan fingerprint density at radius 1 is 0.833 bits per heavy atom. The van der Waals surface area contributed by atoms with Crippen LogP contribution in [0.15, 0.2) is 0 Å². The van der Waals surface area contributed by atoms with Gasteiger partial charge in [-0.1, -0.05) is 0 Å². The van der Waals surface area contributed by atoms with E-state index in [-0.39, 0.29) is 58.3 Å². The summed E-state index contributed by atoms with van der Waals surface area (Å²) in [5.41, 5.74) is 0. The average Bonchev–Trinajstić information content (AvgIpc) is 1.00. The van der Waals surface area contributed by atoms with Crippen molar-refractivity contribution >= 4 is 44.0 Å². The normalized spacial score (nSPS) is 0.667. The first-order valence-corrected chi connectivity index (χ1v) is 0.289. The molecule has 0 saturated carbocycles. The Kier molecular flexibility index (Phi) is 1060. The van der Waals surface area contributed by atoms with Gasteiger partial charge in [0.05, 0.1) is 0 Å². The molecule has 1 nitrogen and oxygen atoms in total. The molecule has 0 rings (SSSR count). The van der Waals surface area contributed by atoms with Crippen LogP contribution in [0.25, 0.3) is 0 Å².